The first kappa shape index (κ1) is 26.4. The maximum atomic E-state index is 12.9. The van der Waals surface area contributed by atoms with E-state index in [2.05, 4.69) is 12.8 Å². The molecular formula is C21H34N4O5S. The molecule has 9 nitrogen and oxygen atoms in total. The summed E-state index contributed by atoms with van der Waals surface area (Å²) in [6.07, 6.45) is -1.68. The Labute approximate surface area is 190 Å². The Bertz CT molecular complexity index is 789. The first-order chi connectivity index (χ1) is 14.1. The van der Waals surface area contributed by atoms with Crippen LogP contribution < -0.4 is 14.9 Å². The molecule has 0 radical (unpaired) electrons. The van der Waals surface area contributed by atoms with Gasteiger partial charge in [0.2, 0.25) is 0 Å². The summed E-state index contributed by atoms with van der Waals surface area (Å²) in [4.78, 5) is 40.1. The molecule has 0 aliphatic rings. The van der Waals surface area contributed by atoms with Crippen molar-refractivity contribution in [3.05, 3.63) is 23.8 Å². The highest BCUT2D eigenvalue weighted by molar-refractivity contribution is 7.82. The molecule has 0 fully saturated rings. The third-order valence-corrected chi connectivity index (χ3v) is 4.39. The predicted molar refractivity (Wildman–Crippen MR) is 124 cm³/mol. The number of rotatable bonds is 5. The van der Waals surface area contributed by atoms with Gasteiger partial charge in [0.05, 0.1) is 12.2 Å². The van der Waals surface area contributed by atoms with Crippen molar-refractivity contribution in [1.29, 1.82) is 0 Å². The summed E-state index contributed by atoms with van der Waals surface area (Å²) in [6, 6.07) is 4.32. The molecule has 0 bridgehead atoms. The van der Waals surface area contributed by atoms with E-state index in [1.54, 1.807) is 59.7 Å². The zero-order valence-corrected chi connectivity index (χ0v) is 20.4. The number of carbonyl (C=O) groups excluding carboxylic acids is 3. The average molecular weight is 455 g/mol. The molecule has 0 saturated heterocycles. The molecule has 31 heavy (non-hydrogen) atoms. The summed E-state index contributed by atoms with van der Waals surface area (Å²) in [5, 5.41) is 0. The highest BCUT2D eigenvalue weighted by atomic mass is 32.1. The number of carbonyl (C=O) groups is 3. The second-order valence-corrected chi connectivity index (χ2v) is 9.42. The molecule has 2 N–H and O–H groups in total. The minimum atomic E-state index is -0.838. The second kappa shape index (κ2) is 10.1. The summed E-state index contributed by atoms with van der Waals surface area (Å²) in [5.74, 6) is 0. The molecule has 174 valence electrons. The number of ether oxygens (including phenoxy) is 2. The molecule has 0 atom stereocenters. The molecular weight excluding hydrogens is 420 g/mol. The Morgan fingerprint density at radius 2 is 1.48 bits per heavy atom. The van der Waals surface area contributed by atoms with Gasteiger partial charge < -0.3 is 20.1 Å². The Hall–Kier alpha value is -2.62. The standard InChI is InChI=1S/C21H34N4O5S/c1-9-23(8)16-11-10-15(25(31)17(22)26)12-14(16)13-24(18(27)29-20(2,3)4)19(28)30-21(5,6)7/h10-12,31H,9,13H2,1-8H3,(H2,22,26). The van der Waals surface area contributed by atoms with E-state index < -0.39 is 29.4 Å². The van der Waals surface area contributed by atoms with Gasteiger partial charge >= 0.3 is 18.2 Å². The summed E-state index contributed by atoms with van der Waals surface area (Å²) in [6.45, 7) is 12.7. The molecule has 0 spiro atoms. The highest BCUT2D eigenvalue weighted by Crippen LogP contribution is 2.29. The molecule has 1 aromatic carbocycles. The topological polar surface area (TPSA) is 105 Å². The number of primary amides is 1. The fraction of sp³-hybridized carbons (Fsp3) is 0.571. The highest BCUT2D eigenvalue weighted by Gasteiger charge is 2.32. The lowest BCUT2D eigenvalue weighted by Gasteiger charge is -2.30. The fourth-order valence-electron chi connectivity index (χ4n) is 2.51. The summed E-state index contributed by atoms with van der Waals surface area (Å²) >= 11 is 4.10. The van der Waals surface area contributed by atoms with Gasteiger partial charge in [0.15, 0.2) is 0 Å². The number of hydrogen-bond acceptors (Lipinski definition) is 7. The van der Waals surface area contributed by atoms with E-state index in [0.717, 1.165) is 14.9 Å². The molecule has 0 aromatic heterocycles. The zero-order valence-electron chi connectivity index (χ0n) is 19.6. The Balaban J connectivity index is 3.46. The number of thiol groups is 1. The number of amides is 4. The van der Waals surface area contributed by atoms with E-state index >= 15 is 0 Å². The van der Waals surface area contributed by atoms with Crippen molar-refractivity contribution in [3.63, 3.8) is 0 Å². The third-order valence-electron chi connectivity index (χ3n) is 3.96. The van der Waals surface area contributed by atoms with Crippen LogP contribution in [-0.4, -0.2) is 47.9 Å². The summed E-state index contributed by atoms with van der Waals surface area (Å²) in [5.41, 5.74) is 5.44. The number of hydrogen-bond donors (Lipinski definition) is 2. The van der Waals surface area contributed by atoms with Crippen LogP contribution in [0.25, 0.3) is 0 Å². The molecule has 0 heterocycles. The largest absolute Gasteiger partial charge is 0.443 e. The van der Waals surface area contributed by atoms with Crippen LogP contribution in [0.3, 0.4) is 0 Å². The van der Waals surface area contributed by atoms with Crippen LogP contribution >= 0.6 is 12.8 Å². The third kappa shape index (κ3) is 8.20. The molecule has 0 saturated carbocycles. The van der Waals surface area contributed by atoms with Crippen LogP contribution in [0.5, 0.6) is 0 Å². The molecule has 0 aliphatic carbocycles. The van der Waals surface area contributed by atoms with Gasteiger partial charge in [-0.1, -0.05) is 12.8 Å². The van der Waals surface area contributed by atoms with E-state index in [-0.39, 0.29) is 6.54 Å². The van der Waals surface area contributed by atoms with Crippen LogP contribution in [0.15, 0.2) is 18.2 Å². The van der Waals surface area contributed by atoms with Crippen molar-refractivity contribution in [3.8, 4) is 0 Å². The minimum absolute atomic E-state index is 0.141. The lowest BCUT2D eigenvalue weighted by Crippen LogP contribution is -2.43. The quantitative estimate of drug-likeness (QED) is 0.633. The van der Waals surface area contributed by atoms with Gasteiger partial charge in [-0.05, 0) is 72.2 Å². The van der Waals surface area contributed by atoms with Crippen molar-refractivity contribution in [2.24, 2.45) is 5.73 Å². The normalized spacial score (nSPS) is 11.5. The Morgan fingerprint density at radius 1 is 1.00 bits per heavy atom. The SMILES string of the molecule is CCN(C)c1ccc(N(S)C(N)=O)cc1CN(C(=O)OC(C)(C)C)C(=O)OC(C)(C)C. The predicted octanol–water partition coefficient (Wildman–Crippen LogP) is 4.54. The minimum Gasteiger partial charge on any atom is -0.443 e. The van der Waals surface area contributed by atoms with Gasteiger partial charge in [0, 0.05) is 19.3 Å². The maximum Gasteiger partial charge on any atom is 0.420 e. The summed E-state index contributed by atoms with van der Waals surface area (Å²) in [7, 11) is 1.87. The van der Waals surface area contributed by atoms with Crippen molar-refractivity contribution in [2.75, 3.05) is 22.8 Å². The van der Waals surface area contributed by atoms with E-state index in [1.165, 1.54) is 0 Å². The number of nitrogens with two attached hydrogens (primary N) is 1. The second-order valence-electron chi connectivity index (χ2n) is 9.02. The van der Waals surface area contributed by atoms with Crippen LogP contribution in [0, 0.1) is 0 Å². The fourth-order valence-corrected chi connectivity index (χ4v) is 2.63. The number of imide groups is 1. The summed E-state index contributed by atoms with van der Waals surface area (Å²) < 4.78 is 11.8. The van der Waals surface area contributed by atoms with Gasteiger partial charge in [-0.25, -0.2) is 23.6 Å². The maximum absolute atomic E-state index is 12.9. The molecule has 1 rings (SSSR count). The lowest BCUT2D eigenvalue weighted by atomic mass is 10.1. The molecule has 1 aromatic rings. The molecule has 10 heteroatoms. The van der Waals surface area contributed by atoms with E-state index in [4.69, 9.17) is 15.2 Å². The number of nitrogens with zero attached hydrogens (tertiary/aromatic N) is 3. The Kier molecular flexibility index (Phi) is 8.63. The number of urea groups is 1. The molecule has 4 amide bonds. The first-order valence-corrected chi connectivity index (χ1v) is 10.3. The smallest absolute Gasteiger partial charge is 0.420 e. The number of benzene rings is 1. The van der Waals surface area contributed by atoms with Gasteiger partial charge in [0.1, 0.15) is 11.2 Å². The van der Waals surface area contributed by atoms with Crippen LogP contribution in [0.1, 0.15) is 54.0 Å². The van der Waals surface area contributed by atoms with Crippen molar-refractivity contribution < 1.29 is 23.9 Å². The van der Waals surface area contributed by atoms with Gasteiger partial charge in [-0.3, -0.25) is 0 Å². The monoisotopic (exact) mass is 454 g/mol. The number of anilines is 2. The molecule has 0 aliphatic heterocycles. The van der Waals surface area contributed by atoms with Crippen LogP contribution in [0.2, 0.25) is 0 Å². The average Bonchev–Trinajstić information content (AvgIpc) is 2.61. The van der Waals surface area contributed by atoms with Gasteiger partial charge in [0.25, 0.3) is 0 Å². The van der Waals surface area contributed by atoms with Gasteiger partial charge in [-0.15, -0.1) is 0 Å². The van der Waals surface area contributed by atoms with Gasteiger partial charge in [-0.2, -0.15) is 0 Å². The first-order valence-electron chi connectivity index (χ1n) is 9.91. The van der Waals surface area contributed by atoms with Crippen LogP contribution in [0.4, 0.5) is 25.8 Å². The van der Waals surface area contributed by atoms with Crippen molar-refractivity contribution in [1.82, 2.24) is 4.90 Å². The van der Waals surface area contributed by atoms with Crippen molar-refractivity contribution >= 4 is 42.4 Å². The molecule has 0 unspecified atom stereocenters. The van der Waals surface area contributed by atoms with Crippen molar-refractivity contribution in [2.45, 2.75) is 66.2 Å². The zero-order chi connectivity index (χ0) is 24.1. The van der Waals surface area contributed by atoms with E-state index in [1.807, 2.05) is 18.9 Å². The Morgan fingerprint density at radius 3 is 1.87 bits per heavy atom. The van der Waals surface area contributed by atoms with E-state index in [0.29, 0.717) is 17.8 Å². The van der Waals surface area contributed by atoms with E-state index in [9.17, 15) is 14.4 Å². The lowest BCUT2D eigenvalue weighted by molar-refractivity contribution is -0.000225. The van der Waals surface area contributed by atoms with Crippen LogP contribution in [-0.2, 0) is 16.0 Å².